The molecule has 25 heavy (non-hydrogen) atoms. The summed E-state index contributed by atoms with van der Waals surface area (Å²) >= 11 is 5.84. The van der Waals surface area contributed by atoms with Crippen LogP contribution in [-0.2, 0) is 4.79 Å². The van der Waals surface area contributed by atoms with Crippen molar-refractivity contribution in [3.05, 3.63) is 58.9 Å². The van der Waals surface area contributed by atoms with Gasteiger partial charge in [-0.25, -0.2) is 4.39 Å². The molecule has 2 amide bonds. The minimum absolute atomic E-state index is 0.123. The molecule has 5 nitrogen and oxygen atoms in total. The number of hydrogen-bond acceptors (Lipinski definition) is 3. The van der Waals surface area contributed by atoms with Crippen molar-refractivity contribution in [2.75, 3.05) is 31.6 Å². The van der Waals surface area contributed by atoms with Gasteiger partial charge in [0.1, 0.15) is 18.1 Å². The molecule has 1 aliphatic rings. The average Bonchev–Trinajstić information content (AvgIpc) is 2.63. The van der Waals surface area contributed by atoms with E-state index in [1.54, 1.807) is 36.3 Å². The van der Waals surface area contributed by atoms with Crippen molar-refractivity contribution in [3.8, 4) is 5.75 Å². The summed E-state index contributed by atoms with van der Waals surface area (Å²) in [4.78, 5) is 27.9. The van der Waals surface area contributed by atoms with Crippen LogP contribution >= 0.6 is 11.6 Å². The van der Waals surface area contributed by atoms with Crippen LogP contribution < -0.4 is 9.64 Å². The summed E-state index contributed by atoms with van der Waals surface area (Å²) in [5.74, 6) is -0.796. The first-order valence-electron chi connectivity index (χ1n) is 7.68. The van der Waals surface area contributed by atoms with Gasteiger partial charge >= 0.3 is 0 Å². The first-order valence-corrected chi connectivity index (χ1v) is 8.06. The van der Waals surface area contributed by atoms with Crippen molar-refractivity contribution in [1.82, 2.24) is 4.90 Å². The van der Waals surface area contributed by atoms with Gasteiger partial charge in [0.05, 0.1) is 12.7 Å². The van der Waals surface area contributed by atoms with Crippen molar-refractivity contribution in [1.29, 1.82) is 0 Å². The third-order valence-electron chi connectivity index (χ3n) is 4.03. The molecular weight excluding hydrogens is 347 g/mol. The number of piperazine rings is 1. The number of anilines is 1. The van der Waals surface area contributed by atoms with E-state index in [0.29, 0.717) is 24.5 Å². The molecule has 1 saturated heterocycles. The van der Waals surface area contributed by atoms with Crippen LogP contribution in [-0.4, -0.2) is 43.5 Å². The molecule has 1 heterocycles. The highest BCUT2D eigenvalue weighted by atomic mass is 35.5. The van der Waals surface area contributed by atoms with Gasteiger partial charge in [-0.3, -0.25) is 9.59 Å². The molecule has 0 spiro atoms. The Morgan fingerprint density at radius 2 is 2.00 bits per heavy atom. The number of nitrogens with zero attached hydrogens (tertiary/aromatic N) is 2. The van der Waals surface area contributed by atoms with Gasteiger partial charge in [0.25, 0.3) is 5.91 Å². The smallest absolute Gasteiger partial charge is 0.257 e. The molecule has 0 bridgehead atoms. The lowest BCUT2D eigenvalue weighted by atomic mass is 10.1. The maximum atomic E-state index is 13.9. The fraction of sp³-hybridized carbons (Fsp3) is 0.222. The number of hydrogen-bond donors (Lipinski definition) is 0. The molecule has 2 aromatic rings. The van der Waals surface area contributed by atoms with Gasteiger partial charge in [-0.05, 0) is 30.3 Å². The van der Waals surface area contributed by atoms with E-state index in [0.717, 1.165) is 6.07 Å². The predicted molar refractivity (Wildman–Crippen MR) is 92.7 cm³/mol. The summed E-state index contributed by atoms with van der Waals surface area (Å²) in [6.07, 6.45) is 0. The number of benzene rings is 2. The molecule has 7 heteroatoms. The Morgan fingerprint density at radius 3 is 2.72 bits per heavy atom. The van der Waals surface area contributed by atoms with E-state index >= 15 is 0 Å². The Bertz CT molecular complexity index is 828. The van der Waals surface area contributed by atoms with Crippen LogP contribution in [0, 0.1) is 5.82 Å². The fourth-order valence-corrected chi connectivity index (χ4v) is 2.90. The average molecular weight is 363 g/mol. The molecule has 0 atom stereocenters. The van der Waals surface area contributed by atoms with Crippen molar-refractivity contribution < 1.29 is 18.7 Å². The van der Waals surface area contributed by atoms with E-state index in [-0.39, 0.29) is 23.0 Å². The molecular formula is C18H16ClFN2O3. The van der Waals surface area contributed by atoms with E-state index in [4.69, 9.17) is 16.3 Å². The first-order chi connectivity index (χ1) is 12.0. The summed E-state index contributed by atoms with van der Waals surface area (Å²) in [6.45, 7) is 0.496. The summed E-state index contributed by atoms with van der Waals surface area (Å²) in [5.41, 5.74) is 0.570. The van der Waals surface area contributed by atoms with Crippen LogP contribution in [0.1, 0.15) is 10.4 Å². The summed E-state index contributed by atoms with van der Waals surface area (Å²) in [6, 6.07) is 10.9. The molecule has 1 fully saturated rings. The molecule has 0 aromatic heterocycles. The lowest BCUT2D eigenvalue weighted by molar-refractivity contribution is -0.120. The highest BCUT2D eigenvalue weighted by Gasteiger charge is 2.30. The van der Waals surface area contributed by atoms with Gasteiger partial charge < -0.3 is 14.5 Å². The molecule has 0 radical (unpaired) electrons. The first kappa shape index (κ1) is 17.2. The molecule has 0 unspecified atom stereocenters. The lowest BCUT2D eigenvalue weighted by Crippen LogP contribution is -2.52. The number of rotatable bonds is 3. The minimum Gasteiger partial charge on any atom is -0.497 e. The number of carbonyl (C=O) groups excluding carboxylic acids is 2. The van der Waals surface area contributed by atoms with Crippen LogP contribution in [0.4, 0.5) is 10.1 Å². The Kier molecular flexibility index (Phi) is 4.90. The summed E-state index contributed by atoms with van der Waals surface area (Å²) in [7, 11) is 1.55. The van der Waals surface area contributed by atoms with E-state index < -0.39 is 11.7 Å². The molecule has 130 valence electrons. The Labute approximate surface area is 149 Å². The van der Waals surface area contributed by atoms with Gasteiger partial charge in [0.15, 0.2) is 0 Å². The van der Waals surface area contributed by atoms with Gasteiger partial charge in [-0.15, -0.1) is 0 Å². The number of halogens is 2. The highest BCUT2D eigenvalue weighted by Crippen LogP contribution is 2.24. The number of carbonyl (C=O) groups is 2. The van der Waals surface area contributed by atoms with E-state index in [1.807, 2.05) is 0 Å². The molecule has 0 saturated carbocycles. The zero-order valence-electron chi connectivity index (χ0n) is 13.5. The second kappa shape index (κ2) is 7.11. The fourth-order valence-electron chi connectivity index (χ4n) is 2.73. The summed E-state index contributed by atoms with van der Waals surface area (Å²) in [5, 5.41) is 0.270. The van der Waals surface area contributed by atoms with Gasteiger partial charge in [-0.2, -0.15) is 0 Å². The standard InChI is InChI=1S/C18H16ClFN2O3/c1-25-14-4-2-3-13(10-14)22-8-7-21(11-17(22)23)18(24)15-9-12(19)5-6-16(15)20/h2-6,9-10H,7-8,11H2,1H3. The quantitative estimate of drug-likeness (QED) is 0.843. The SMILES string of the molecule is COc1cccc(N2CCN(C(=O)c3cc(Cl)ccc3F)CC2=O)c1. The van der Waals surface area contributed by atoms with Crippen LogP contribution in [0.3, 0.4) is 0 Å². The van der Waals surface area contributed by atoms with Crippen molar-refractivity contribution in [2.45, 2.75) is 0 Å². The number of methoxy groups -OCH3 is 1. The Hall–Kier alpha value is -2.60. The second-order valence-corrected chi connectivity index (χ2v) is 6.03. The molecule has 1 aliphatic heterocycles. The van der Waals surface area contributed by atoms with Crippen LogP contribution in [0.5, 0.6) is 5.75 Å². The van der Waals surface area contributed by atoms with Crippen LogP contribution in [0.15, 0.2) is 42.5 Å². The lowest BCUT2D eigenvalue weighted by Gasteiger charge is -2.34. The van der Waals surface area contributed by atoms with Gasteiger partial charge in [-0.1, -0.05) is 17.7 Å². The normalized spacial score (nSPS) is 14.6. The largest absolute Gasteiger partial charge is 0.497 e. The second-order valence-electron chi connectivity index (χ2n) is 5.60. The van der Waals surface area contributed by atoms with E-state index in [1.165, 1.54) is 17.0 Å². The molecule has 2 aromatic carbocycles. The molecule has 0 N–H and O–H groups in total. The molecule has 0 aliphatic carbocycles. The van der Waals surface area contributed by atoms with E-state index in [2.05, 4.69) is 0 Å². The molecule has 3 rings (SSSR count). The zero-order chi connectivity index (χ0) is 18.0. The summed E-state index contributed by atoms with van der Waals surface area (Å²) < 4.78 is 19.0. The number of amides is 2. The van der Waals surface area contributed by atoms with Crippen LogP contribution in [0.25, 0.3) is 0 Å². The van der Waals surface area contributed by atoms with E-state index in [9.17, 15) is 14.0 Å². The maximum Gasteiger partial charge on any atom is 0.257 e. The number of ether oxygens (including phenoxy) is 1. The highest BCUT2D eigenvalue weighted by molar-refractivity contribution is 6.31. The van der Waals surface area contributed by atoms with Gasteiger partial charge in [0, 0.05) is 29.9 Å². The monoisotopic (exact) mass is 362 g/mol. The maximum absolute atomic E-state index is 13.9. The third-order valence-corrected chi connectivity index (χ3v) is 4.27. The Balaban J connectivity index is 1.76. The third kappa shape index (κ3) is 3.58. The van der Waals surface area contributed by atoms with Crippen molar-refractivity contribution >= 4 is 29.1 Å². The van der Waals surface area contributed by atoms with Crippen molar-refractivity contribution in [3.63, 3.8) is 0 Å². The zero-order valence-corrected chi connectivity index (χ0v) is 14.3. The minimum atomic E-state index is -0.655. The predicted octanol–water partition coefficient (Wildman–Crippen LogP) is 2.98. The van der Waals surface area contributed by atoms with Crippen LogP contribution in [0.2, 0.25) is 5.02 Å². The van der Waals surface area contributed by atoms with Crippen molar-refractivity contribution in [2.24, 2.45) is 0 Å². The topological polar surface area (TPSA) is 49.9 Å². The van der Waals surface area contributed by atoms with Gasteiger partial charge in [0.2, 0.25) is 5.91 Å². The Morgan fingerprint density at radius 1 is 1.20 bits per heavy atom.